The van der Waals surface area contributed by atoms with Gasteiger partial charge in [0.1, 0.15) is 6.10 Å². The summed E-state index contributed by atoms with van der Waals surface area (Å²) in [4.78, 5) is 13.2. The van der Waals surface area contributed by atoms with E-state index in [1.807, 2.05) is 26.8 Å². The second-order valence-corrected chi connectivity index (χ2v) is 3.18. The van der Waals surface area contributed by atoms with E-state index in [0.29, 0.717) is 6.10 Å². The molecule has 3 heteroatoms. The van der Waals surface area contributed by atoms with Crippen molar-refractivity contribution in [2.75, 3.05) is 13.1 Å². The van der Waals surface area contributed by atoms with Crippen LogP contribution in [0.25, 0.3) is 0 Å². The molecule has 1 fully saturated rings. The Morgan fingerprint density at radius 1 is 1.46 bits per heavy atom. The van der Waals surface area contributed by atoms with Crippen molar-refractivity contribution in [3.05, 3.63) is 12.2 Å². The first-order valence-electron chi connectivity index (χ1n) is 4.81. The van der Waals surface area contributed by atoms with Crippen LogP contribution in [0.2, 0.25) is 0 Å². The molecule has 1 aliphatic heterocycles. The molecule has 1 amide bonds. The van der Waals surface area contributed by atoms with E-state index in [4.69, 9.17) is 4.74 Å². The Balaban J connectivity index is 2.34. The standard InChI is InChI=1S/C10H17NO2/c1-4-11(5-2)10(12)7-6-9-8(3)13-9/h6-9H,4-5H2,1-3H3/b7-6+/t8-,9-/m1/s1. The van der Waals surface area contributed by atoms with Crippen molar-refractivity contribution in [1.82, 2.24) is 4.90 Å². The van der Waals surface area contributed by atoms with Crippen LogP contribution in [0.15, 0.2) is 12.2 Å². The quantitative estimate of drug-likeness (QED) is 0.484. The lowest BCUT2D eigenvalue weighted by atomic mass is 10.3. The van der Waals surface area contributed by atoms with Crippen molar-refractivity contribution in [2.24, 2.45) is 0 Å². The summed E-state index contributed by atoms with van der Waals surface area (Å²) >= 11 is 0. The van der Waals surface area contributed by atoms with Gasteiger partial charge >= 0.3 is 0 Å². The van der Waals surface area contributed by atoms with E-state index in [2.05, 4.69) is 0 Å². The van der Waals surface area contributed by atoms with Crippen molar-refractivity contribution < 1.29 is 9.53 Å². The van der Waals surface area contributed by atoms with Gasteiger partial charge in [0.2, 0.25) is 5.91 Å². The monoisotopic (exact) mass is 183 g/mol. The van der Waals surface area contributed by atoms with Gasteiger partial charge in [0.15, 0.2) is 0 Å². The summed E-state index contributed by atoms with van der Waals surface area (Å²) in [7, 11) is 0. The van der Waals surface area contributed by atoms with Gasteiger partial charge in [-0.25, -0.2) is 0 Å². The molecule has 0 radical (unpaired) electrons. The zero-order valence-corrected chi connectivity index (χ0v) is 8.49. The summed E-state index contributed by atoms with van der Waals surface area (Å²) in [6, 6.07) is 0. The zero-order valence-electron chi connectivity index (χ0n) is 8.49. The minimum atomic E-state index is 0.0766. The van der Waals surface area contributed by atoms with Crippen LogP contribution in [-0.2, 0) is 9.53 Å². The lowest BCUT2D eigenvalue weighted by molar-refractivity contribution is -0.125. The molecular formula is C10H17NO2. The number of likely N-dealkylation sites (N-methyl/N-ethyl adjacent to an activating group) is 1. The summed E-state index contributed by atoms with van der Waals surface area (Å²) < 4.78 is 5.16. The molecule has 1 saturated heterocycles. The van der Waals surface area contributed by atoms with Gasteiger partial charge in [-0.1, -0.05) is 0 Å². The topological polar surface area (TPSA) is 32.8 Å². The Hall–Kier alpha value is -0.830. The fourth-order valence-electron chi connectivity index (χ4n) is 1.22. The third kappa shape index (κ3) is 2.84. The maximum atomic E-state index is 11.4. The predicted octanol–water partition coefficient (Wildman–Crippen LogP) is 1.20. The van der Waals surface area contributed by atoms with E-state index in [1.165, 1.54) is 0 Å². The molecule has 0 aromatic heterocycles. The van der Waals surface area contributed by atoms with Crippen LogP contribution in [0.5, 0.6) is 0 Å². The second-order valence-electron chi connectivity index (χ2n) is 3.18. The molecule has 0 aromatic carbocycles. The van der Waals surface area contributed by atoms with Crippen molar-refractivity contribution in [3.63, 3.8) is 0 Å². The molecule has 13 heavy (non-hydrogen) atoms. The average molecular weight is 183 g/mol. The molecule has 3 nitrogen and oxygen atoms in total. The molecule has 2 atom stereocenters. The van der Waals surface area contributed by atoms with Crippen LogP contribution >= 0.6 is 0 Å². The van der Waals surface area contributed by atoms with Crippen LogP contribution in [0.1, 0.15) is 20.8 Å². The average Bonchev–Trinajstić information content (AvgIpc) is 2.81. The molecule has 1 rings (SSSR count). The normalized spacial score (nSPS) is 26.4. The SMILES string of the molecule is CCN(CC)C(=O)/C=C/[C@H]1O[C@@H]1C. The summed E-state index contributed by atoms with van der Waals surface area (Å²) in [6.07, 6.45) is 3.91. The molecule has 74 valence electrons. The number of epoxide rings is 1. The van der Waals surface area contributed by atoms with Gasteiger partial charge in [0, 0.05) is 19.2 Å². The van der Waals surface area contributed by atoms with E-state index in [1.54, 1.807) is 11.0 Å². The fourth-order valence-corrected chi connectivity index (χ4v) is 1.22. The van der Waals surface area contributed by atoms with Crippen LogP contribution in [-0.4, -0.2) is 36.1 Å². The molecule has 0 spiro atoms. The van der Waals surface area contributed by atoms with Crippen molar-refractivity contribution >= 4 is 5.91 Å². The van der Waals surface area contributed by atoms with E-state index >= 15 is 0 Å². The van der Waals surface area contributed by atoms with Gasteiger partial charge in [0.25, 0.3) is 0 Å². The van der Waals surface area contributed by atoms with Gasteiger partial charge in [-0.3, -0.25) is 4.79 Å². The Morgan fingerprint density at radius 3 is 2.38 bits per heavy atom. The van der Waals surface area contributed by atoms with Crippen molar-refractivity contribution in [3.8, 4) is 0 Å². The van der Waals surface area contributed by atoms with Crippen LogP contribution < -0.4 is 0 Å². The smallest absolute Gasteiger partial charge is 0.246 e. The number of carbonyl (C=O) groups is 1. The van der Waals surface area contributed by atoms with Gasteiger partial charge in [-0.2, -0.15) is 0 Å². The summed E-state index contributed by atoms with van der Waals surface area (Å²) in [5.74, 6) is 0.0766. The first-order valence-corrected chi connectivity index (χ1v) is 4.81. The Bertz CT molecular complexity index is 209. The van der Waals surface area contributed by atoms with E-state index in [9.17, 15) is 4.79 Å². The first kappa shape index (κ1) is 10.3. The zero-order chi connectivity index (χ0) is 9.84. The highest BCUT2D eigenvalue weighted by molar-refractivity contribution is 5.87. The Kier molecular flexibility index (Phi) is 3.48. The number of rotatable bonds is 4. The molecule has 1 aliphatic rings. The number of nitrogens with zero attached hydrogens (tertiary/aromatic N) is 1. The van der Waals surface area contributed by atoms with Crippen molar-refractivity contribution in [2.45, 2.75) is 33.0 Å². The largest absolute Gasteiger partial charge is 0.365 e. The number of carbonyl (C=O) groups excluding carboxylic acids is 1. The van der Waals surface area contributed by atoms with Gasteiger partial charge in [-0.05, 0) is 26.8 Å². The van der Waals surface area contributed by atoms with E-state index < -0.39 is 0 Å². The third-order valence-corrected chi connectivity index (χ3v) is 2.26. The van der Waals surface area contributed by atoms with Crippen LogP contribution in [0.4, 0.5) is 0 Å². The van der Waals surface area contributed by atoms with Gasteiger partial charge in [-0.15, -0.1) is 0 Å². The van der Waals surface area contributed by atoms with E-state index in [-0.39, 0.29) is 12.0 Å². The molecular weight excluding hydrogens is 166 g/mol. The Labute approximate surface area is 79.4 Å². The number of ether oxygens (including phenoxy) is 1. The van der Waals surface area contributed by atoms with Crippen LogP contribution in [0.3, 0.4) is 0 Å². The highest BCUT2D eigenvalue weighted by Gasteiger charge is 2.31. The summed E-state index contributed by atoms with van der Waals surface area (Å²) in [6.45, 7) is 7.48. The van der Waals surface area contributed by atoms with E-state index in [0.717, 1.165) is 13.1 Å². The molecule has 0 saturated carbocycles. The third-order valence-electron chi connectivity index (χ3n) is 2.26. The molecule has 0 N–H and O–H groups in total. The Morgan fingerprint density at radius 2 is 2.00 bits per heavy atom. The second kappa shape index (κ2) is 4.42. The van der Waals surface area contributed by atoms with Crippen molar-refractivity contribution in [1.29, 1.82) is 0 Å². The summed E-state index contributed by atoms with van der Waals surface area (Å²) in [5, 5.41) is 0. The van der Waals surface area contributed by atoms with Gasteiger partial charge < -0.3 is 9.64 Å². The number of amides is 1. The lowest BCUT2D eigenvalue weighted by Crippen LogP contribution is -2.28. The minimum Gasteiger partial charge on any atom is -0.365 e. The number of hydrogen-bond acceptors (Lipinski definition) is 2. The highest BCUT2D eigenvalue weighted by atomic mass is 16.6. The highest BCUT2D eigenvalue weighted by Crippen LogP contribution is 2.21. The minimum absolute atomic E-state index is 0.0766. The molecule has 0 aromatic rings. The predicted molar refractivity (Wildman–Crippen MR) is 51.4 cm³/mol. The first-order chi connectivity index (χ1) is 6.19. The fraction of sp³-hybridized carbons (Fsp3) is 0.700. The molecule has 0 bridgehead atoms. The summed E-state index contributed by atoms with van der Waals surface area (Å²) in [5.41, 5.74) is 0. The van der Waals surface area contributed by atoms with Crippen LogP contribution in [0, 0.1) is 0 Å². The molecule has 1 heterocycles. The maximum Gasteiger partial charge on any atom is 0.246 e. The maximum absolute atomic E-state index is 11.4. The lowest BCUT2D eigenvalue weighted by Gasteiger charge is -2.15. The molecule has 0 aliphatic carbocycles. The van der Waals surface area contributed by atoms with Gasteiger partial charge in [0.05, 0.1) is 6.10 Å². The number of hydrogen-bond donors (Lipinski definition) is 0. The molecule has 0 unspecified atom stereocenters.